The number of amides is 1. The molecule has 0 bridgehead atoms. The van der Waals surface area contributed by atoms with Gasteiger partial charge in [0.1, 0.15) is 5.41 Å². The van der Waals surface area contributed by atoms with Crippen LogP contribution in [-0.4, -0.2) is 48.2 Å². The first-order valence-electron chi connectivity index (χ1n) is 7.66. The van der Waals surface area contributed by atoms with Crippen LogP contribution in [0.2, 0.25) is 0 Å². The number of nitriles is 1. The van der Waals surface area contributed by atoms with Gasteiger partial charge in [-0.25, -0.2) is 0 Å². The maximum absolute atomic E-state index is 12.0. The van der Waals surface area contributed by atoms with Gasteiger partial charge in [-0.2, -0.15) is 5.26 Å². The summed E-state index contributed by atoms with van der Waals surface area (Å²) in [6.45, 7) is 5.15. The molecule has 112 valence electrons. The van der Waals surface area contributed by atoms with Crippen LogP contribution in [0.15, 0.2) is 0 Å². The van der Waals surface area contributed by atoms with Crippen LogP contribution in [0.1, 0.15) is 39.0 Å². The first-order valence-corrected chi connectivity index (χ1v) is 7.66. The molecule has 1 heterocycles. The van der Waals surface area contributed by atoms with E-state index in [4.69, 9.17) is 5.26 Å². The fraction of sp³-hybridized carbons (Fsp3) is 0.867. The molecule has 1 aliphatic carbocycles. The number of aliphatic hydroxyl groups is 1. The van der Waals surface area contributed by atoms with Crippen molar-refractivity contribution in [3.8, 4) is 6.07 Å². The minimum absolute atomic E-state index is 0.211. The molecule has 0 aromatic rings. The summed E-state index contributed by atoms with van der Waals surface area (Å²) in [4.78, 5) is 14.2. The summed E-state index contributed by atoms with van der Waals surface area (Å²) in [7, 11) is 0. The summed E-state index contributed by atoms with van der Waals surface area (Å²) in [5.74, 6) is 0.565. The van der Waals surface area contributed by atoms with E-state index in [1.54, 1.807) is 0 Å². The van der Waals surface area contributed by atoms with E-state index >= 15 is 0 Å². The summed E-state index contributed by atoms with van der Waals surface area (Å²) in [5, 5.41) is 21.8. The third-order valence-electron chi connectivity index (χ3n) is 4.70. The number of likely N-dealkylation sites (tertiary alicyclic amines) is 1. The first-order chi connectivity index (χ1) is 9.55. The predicted molar refractivity (Wildman–Crippen MR) is 75.8 cm³/mol. The van der Waals surface area contributed by atoms with Gasteiger partial charge < -0.3 is 15.3 Å². The number of aliphatic hydroxyl groups excluding tert-OH is 1. The van der Waals surface area contributed by atoms with Gasteiger partial charge in [0.15, 0.2) is 0 Å². The van der Waals surface area contributed by atoms with Gasteiger partial charge in [0, 0.05) is 13.1 Å². The van der Waals surface area contributed by atoms with E-state index in [9.17, 15) is 9.90 Å². The maximum Gasteiger partial charge on any atom is 0.240 e. The lowest BCUT2D eigenvalue weighted by Gasteiger charge is -2.34. The van der Waals surface area contributed by atoms with E-state index in [2.05, 4.69) is 23.2 Å². The molecule has 2 N–H and O–H groups in total. The molecule has 1 atom stereocenters. The highest BCUT2D eigenvalue weighted by atomic mass is 16.3. The largest absolute Gasteiger partial charge is 0.390 e. The molecule has 0 radical (unpaired) electrons. The van der Waals surface area contributed by atoms with E-state index < -0.39 is 11.5 Å². The highest BCUT2D eigenvalue weighted by molar-refractivity contribution is 5.86. The molecular weight excluding hydrogens is 254 g/mol. The summed E-state index contributed by atoms with van der Waals surface area (Å²) in [6.07, 6.45) is 4.04. The summed E-state index contributed by atoms with van der Waals surface area (Å²) in [6, 6.07) is 2.12. The Labute approximate surface area is 120 Å². The van der Waals surface area contributed by atoms with Gasteiger partial charge in [-0.3, -0.25) is 4.79 Å². The zero-order valence-corrected chi connectivity index (χ0v) is 12.3. The molecule has 0 spiro atoms. The third kappa shape index (κ3) is 3.50. The van der Waals surface area contributed by atoms with Gasteiger partial charge in [0.2, 0.25) is 5.91 Å². The van der Waals surface area contributed by atoms with Gasteiger partial charge in [0.25, 0.3) is 0 Å². The van der Waals surface area contributed by atoms with E-state index in [0.717, 1.165) is 25.4 Å². The Morgan fingerprint density at radius 1 is 1.50 bits per heavy atom. The average Bonchev–Trinajstić information content (AvgIpc) is 2.38. The minimum Gasteiger partial charge on any atom is -0.390 e. The Balaban J connectivity index is 1.69. The Hall–Kier alpha value is -1.12. The van der Waals surface area contributed by atoms with Crippen molar-refractivity contribution in [3.63, 3.8) is 0 Å². The first kappa shape index (κ1) is 15.3. The van der Waals surface area contributed by atoms with Gasteiger partial charge in [-0.15, -0.1) is 0 Å². The zero-order valence-electron chi connectivity index (χ0n) is 12.3. The van der Waals surface area contributed by atoms with Crippen LogP contribution in [0, 0.1) is 22.7 Å². The smallest absolute Gasteiger partial charge is 0.240 e. The van der Waals surface area contributed by atoms with Gasteiger partial charge >= 0.3 is 0 Å². The summed E-state index contributed by atoms with van der Waals surface area (Å²) in [5.41, 5.74) is -0.819. The molecule has 2 aliphatic rings. The van der Waals surface area contributed by atoms with Crippen molar-refractivity contribution in [2.45, 2.75) is 45.1 Å². The predicted octanol–water partition coefficient (Wildman–Crippen LogP) is 0.889. The molecule has 20 heavy (non-hydrogen) atoms. The van der Waals surface area contributed by atoms with Crippen molar-refractivity contribution in [1.29, 1.82) is 5.26 Å². The number of β-amino-alcohol motifs (C(OH)–C–C–N with tert-alkyl or cyclic N) is 1. The van der Waals surface area contributed by atoms with Gasteiger partial charge in [-0.05, 0) is 51.1 Å². The van der Waals surface area contributed by atoms with Crippen LogP contribution in [-0.2, 0) is 4.79 Å². The van der Waals surface area contributed by atoms with Gasteiger partial charge in [-0.1, -0.05) is 6.92 Å². The maximum atomic E-state index is 12.0. The van der Waals surface area contributed by atoms with E-state index in [1.165, 1.54) is 12.8 Å². The fourth-order valence-corrected chi connectivity index (χ4v) is 2.91. The van der Waals surface area contributed by atoms with E-state index in [1.807, 2.05) is 0 Å². The molecule has 0 aromatic carbocycles. The zero-order chi connectivity index (χ0) is 14.6. The number of hydrogen-bond acceptors (Lipinski definition) is 4. The van der Waals surface area contributed by atoms with Crippen LogP contribution < -0.4 is 5.32 Å². The number of carbonyl (C=O) groups excluding carboxylic acids is 1. The molecule has 5 nitrogen and oxygen atoms in total. The Morgan fingerprint density at radius 2 is 2.15 bits per heavy atom. The lowest BCUT2D eigenvalue weighted by atomic mass is 9.69. The molecule has 2 rings (SSSR count). The lowest BCUT2D eigenvalue weighted by Crippen LogP contribution is -2.48. The van der Waals surface area contributed by atoms with Crippen molar-refractivity contribution in [2.24, 2.45) is 11.3 Å². The summed E-state index contributed by atoms with van der Waals surface area (Å²) >= 11 is 0. The van der Waals surface area contributed by atoms with Crippen LogP contribution in [0.4, 0.5) is 0 Å². The lowest BCUT2D eigenvalue weighted by molar-refractivity contribution is -0.132. The molecule has 1 saturated heterocycles. The van der Waals surface area contributed by atoms with Crippen molar-refractivity contribution in [1.82, 2.24) is 10.2 Å². The van der Waals surface area contributed by atoms with E-state index in [0.29, 0.717) is 19.4 Å². The summed E-state index contributed by atoms with van der Waals surface area (Å²) < 4.78 is 0. The van der Waals surface area contributed by atoms with E-state index in [-0.39, 0.29) is 12.5 Å². The highest BCUT2D eigenvalue weighted by Crippen LogP contribution is 2.40. The van der Waals surface area contributed by atoms with Crippen molar-refractivity contribution in [3.05, 3.63) is 0 Å². The number of carbonyl (C=O) groups is 1. The van der Waals surface area contributed by atoms with Crippen LogP contribution in [0.5, 0.6) is 0 Å². The Bertz CT molecular complexity index is 379. The van der Waals surface area contributed by atoms with Crippen molar-refractivity contribution in [2.75, 3.05) is 26.2 Å². The normalized spacial score (nSPS) is 24.4. The fourth-order valence-electron chi connectivity index (χ4n) is 2.91. The number of rotatable bonds is 5. The van der Waals surface area contributed by atoms with Crippen molar-refractivity contribution >= 4 is 5.91 Å². The highest BCUT2D eigenvalue weighted by Gasteiger charge is 2.44. The number of hydrogen-bond donors (Lipinski definition) is 2. The second-order valence-electron chi connectivity index (χ2n) is 6.39. The SMILES string of the molecule is CC1CCN(CC(O)CNC(=O)C2(C#N)CCC2)CC1. The number of nitrogens with one attached hydrogen (secondary N) is 1. The third-order valence-corrected chi connectivity index (χ3v) is 4.70. The number of piperidine rings is 1. The van der Waals surface area contributed by atoms with Crippen LogP contribution >= 0.6 is 0 Å². The topological polar surface area (TPSA) is 76.4 Å². The number of nitrogens with zero attached hydrogens (tertiary/aromatic N) is 2. The molecule has 1 saturated carbocycles. The molecule has 0 aromatic heterocycles. The minimum atomic E-state index is -0.819. The second-order valence-corrected chi connectivity index (χ2v) is 6.39. The Morgan fingerprint density at radius 3 is 2.65 bits per heavy atom. The monoisotopic (exact) mass is 279 g/mol. The Kier molecular flexibility index (Phi) is 5.00. The van der Waals surface area contributed by atoms with Crippen molar-refractivity contribution < 1.29 is 9.90 Å². The van der Waals surface area contributed by atoms with Gasteiger partial charge in [0.05, 0.1) is 12.2 Å². The molecule has 1 aliphatic heterocycles. The molecule has 1 amide bonds. The van der Waals surface area contributed by atoms with Crippen LogP contribution in [0.3, 0.4) is 0 Å². The second kappa shape index (κ2) is 6.55. The molecule has 2 fully saturated rings. The molecule has 1 unspecified atom stereocenters. The standard InChI is InChI=1S/C15H25N3O2/c1-12-3-7-18(8-4-12)10-13(19)9-17-14(20)15(11-16)5-2-6-15/h12-13,19H,2-10H2,1H3,(H,17,20). The molecular formula is C15H25N3O2. The quantitative estimate of drug-likeness (QED) is 0.783. The molecule has 5 heteroatoms. The van der Waals surface area contributed by atoms with Crippen LogP contribution in [0.25, 0.3) is 0 Å². The average molecular weight is 279 g/mol.